The number of ether oxygens (including phenoxy) is 2. The number of aromatic nitrogens is 5. The van der Waals surface area contributed by atoms with Gasteiger partial charge in [0.1, 0.15) is 18.2 Å². The van der Waals surface area contributed by atoms with Gasteiger partial charge in [-0.25, -0.2) is 9.67 Å². The summed E-state index contributed by atoms with van der Waals surface area (Å²) in [5.74, 6) is 1.05. The molecule has 2 aromatic carbocycles. The lowest BCUT2D eigenvalue weighted by molar-refractivity contribution is 0.102. The van der Waals surface area contributed by atoms with E-state index in [2.05, 4.69) is 20.6 Å². The summed E-state index contributed by atoms with van der Waals surface area (Å²) in [4.78, 5) is 18.4. The van der Waals surface area contributed by atoms with Crippen molar-refractivity contribution in [2.75, 3.05) is 18.5 Å². The molecule has 6 rings (SSSR count). The van der Waals surface area contributed by atoms with Gasteiger partial charge in [0.15, 0.2) is 17.1 Å². The maximum atomic E-state index is 13.5. The Hall–Kier alpha value is -4.31. The zero-order valence-electron chi connectivity index (χ0n) is 19.6. The normalized spacial score (nSPS) is 12.8. The van der Waals surface area contributed by atoms with E-state index in [-0.39, 0.29) is 11.9 Å². The van der Waals surface area contributed by atoms with Crippen LogP contribution in [0, 0.1) is 0 Å². The number of anilines is 1. The van der Waals surface area contributed by atoms with Crippen LogP contribution in [0.25, 0.3) is 32.9 Å². The monoisotopic (exact) mass is 498 g/mol. The highest BCUT2D eigenvalue weighted by Crippen LogP contribution is 2.35. The van der Waals surface area contributed by atoms with Gasteiger partial charge in [0.05, 0.1) is 22.8 Å². The maximum Gasteiger partial charge on any atom is 0.258 e. The summed E-state index contributed by atoms with van der Waals surface area (Å²) < 4.78 is 13.2. The lowest BCUT2D eigenvalue weighted by Crippen LogP contribution is -2.15. The molecule has 180 valence electrons. The van der Waals surface area contributed by atoms with Gasteiger partial charge in [-0.2, -0.15) is 5.10 Å². The predicted molar refractivity (Wildman–Crippen MR) is 138 cm³/mol. The molecule has 1 amide bonds. The van der Waals surface area contributed by atoms with Crippen molar-refractivity contribution in [1.29, 1.82) is 0 Å². The van der Waals surface area contributed by atoms with Crippen LogP contribution in [-0.2, 0) is 0 Å². The van der Waals surface area contributed by atoms with Crippen LogP contribution in [0.1, 0.15) is 30.2 Å². The summed E-state index contributed by atoms with van der Waals surface area (Å²) in [6, 6.07) is 17.2. The van der Waals surface area contributed by atoms with E-state index in [9.17, 15) is 4.79 Å². The van der Waals surface area contributed by atoms with Gasteiger partial charge in [-0.15, -0.1) is 10.2 Å². The highest BCUT2D eigenvalue weighted by Gasteiger charge is 2.21. The van der Waals surface area contributed by atoms with Gasteiger partial charge in [-0.1, -0.05) is 41.7 Å². The zero-order valence-corrected chi connectivity index (χ0v) is 20.5. The van der Waals surface area contributed by atoms with E-state index in [0.717, 1.165) is 16.1 Å². The third-order valence-electron chi connectivity index (χ3n) is 5.80. The fourth-order valence-electron chi connectivity index (χ4n) is 4.07. The number of amides is 1. The minimum absolute atomic E-state index is 0.0676. The van der Waals surface area contributed by atoms with Gasteiger partial charge in [0.25, 0.3) is 5.91 Å². The van der Waals surface area contributed by atoms with Gasteiger partial charge in [0.2, 0.25) is 5.13 Å². The number of pyridine rings is 1. The summed E-state index contributed by atoms with van der Waals surface area (Å²) in [6.07, 6.45) is 1.68. The van der Waals surface area contributed by atoms with E-state index in [4.69, 9.17) is 14.5 Å². The number of nitrogens with zero attached hydrogens (tertiary/aromatic N) is 5. The Morgan fingerprint density at radius 1 is 1.00 bits per heavy atom. The SMILES string of the molecule is CC(C)n1ncc2c(C(=O)Nc3nnc(-c4ccccc4)s3)cc(-c3ccc4c(c3)OCCO4)nc21. The first-order chi connectivity index (χ1) is 17.6. The average Bonchev–Trinajstić information content (AvgIpc) is 3.55. The first kappa shape index (κ1) is 22.2. The second-order valence-electron chi connectivity index (χ2n) is 8.57. The quantitative estimate of drug-likeness (QED) is 0.354. The number of nitrogens with one attached hydrogen (secondary N) is 1. The van der Waals surface area contributed by atoms with Crippen LogP contribution in [0.5, 0.6) is 11.5 Å². The number of carbonyl (C=O) groups excluding carboxylic acids is 1. The Morgan fingerprint density at radius 2 is 1.81 bits per heavy atom. The van der Waals surface area contributed by atoms with E-state index in [1.165, 1.54) is 11.3 Å². The molecule has 10 heteroatoms. The molecule has 36 heavy (non-hydrogen) atoms. The van der Waals surface area contributed by atoms with Crippen molar-refractivity contribution < 1.29 is 14.3 Å². The van der Waals surface area contributed by atoms with Crippen molar-refractivity contribution in [3.63, 3.8) is 0 Å². The molecule has 1 N–H and O–H groups in total. The highest BCUT2D eigenvalue weighted by molar-refractivity contribution is 7.18. The summed E-state index contributed by atoms with van der Waals surface area (Å²) >= 11 is 1.32. The molecule has 0 atom stereocenters. The average molecular weight is 499 g/mol. The van der Waals surface area contributed by atoms with E-state index >= 15 is 0 Å². The molecule has 0 unspecified atom stereocenters. The first-order valence-corrected chi connectivity index (χ1v) is 12.4. The van der Waals surface area contributed by atoms with Gasteiger partial charge in [0, 0.05) is 17.2 Å². The molecule has 9 nitrogen and oxygen atoms in total. The molecular formula is C26H22N6O3S. The maximum absolute atomic E-state index is 13.5. The van der Waals surface area contributed by atoms with Crippen LogP contribution < -0.4 is 14.8 Å². The smallest absolute Gasteiger partial charge is 0.258 e. The third-order valence-corrected chi connectivity index (χ3v) is 6.69. The Balaban J connectivity index is 1.39. The number of carbonyl (C=O) groups is 1. The minimum Gasteiger partial charge on any atom is -0.486 e. The Labute approximate surface area is 210 Å². The Bertz CT molecular complexity index is 1580. The van der Waals surface area contributed by atoms with E-state index in [1.54, 1.807) is 12.3 Å². The van der Waals surface area contributed by atoms with Crippen molar-refractivity contribution in [3.8, 4) is 33.3 Å². The molecule has 0 saturated heterocycles. The number of rotatable bonds is 5. The van der Waals surface area contributed by atoms with Gasteiger partial charge >= 0.3 is 0 Å². The molecule has 0 bridgehead atoms. The Kier molecular flexibility index (Phi) is 5.57. The molecule has 1 aliphatic rings. The molecular weight excluding hydrogens is 476 g/mol. The summed E-state index contributed by atoms with van der Waals surface area (Å²) in [5.41, 5.74) is 3.47. The van der Waals surface area contributed by atoms with Crippen LogP contribution in [0.4, 0.5) is 5.13 Å². The predicted octanol–water partition coefficient (Wildman–Crippen LogP) is 5.22. The van der Waals surface area contributed by atoms with Gasteiger partial charge in [-0.3, -0.25) is 10.1 Å². The van der Waals surface area contributed by atoms with Crippen molar-refractivity contribution in [3.05, 3.63) is 66.4 Å². The van der Waals surface area contributed by atoms with Crippen molar-refractivity contribution in [2.24, 2.45) is 0 Å². The molecule has 5 aromatic rings. The molecule has 3 aromatic heterocycles. The van der Waals surface area contributed by atoms with Crippen LogP contribution in [0.15, 0.2) is 60.8 Å². The van der Waals surface area contributed by atoms with Crippen molar-refractivity contribution in [2.45, 2.75) is 19.9 Å². The van der Waals surface area contributed by atoms with Crippen LogP contribution >= 0.6 is 11.3 Å². The molecule has 0 radical (unpaired) electrons. The second-order valence-corrected chi connectivity index (χ2v) is 9.54. The van der Waals surface area contributed by atoms with Crippen molar-refractivity contribution >= 4 is 33.4 Å². The first-order valence-electron chi connectivity index (χ1n) is 11.6. The molecule has 0 aliphatic carbocycles. The minimum atomic E-state index is -0.305. The third kappa shape index (κ3) is 4.05. The summed E-state index contributed by atoms with van der Waals surface area (Å²) in [6.45, 7) is 5.06. The standard InChI is InChI=1S/C26H22N6O3S/c1-15(2)32-23-19(14-27-32)18(13-20(28-23)17-8-9-21-22(12-17)35-11-10-34-21)24(33)29-26-31-30-25(36-26)16-6-4-3-5-7-16/h3-9,12-15H,10-11H2,1-2H3,(H,29,31,33). The van der Waals surface area contributed by atoms with Gasteiger partial charge < -0.3 is 9.47 Å². The van der Waals surface area contributed by atoms with Crippen molar-refractivity contribution in [1.82, 2.24) is 25.0 Å². The molecule has 0 saturated carbocycles. The number of benzene rings is 2. The molecule has 0 spiro atoms. The highest BCUT2D eigenvalue weighted by atomic mass is 32.1. The largest absolute Gasteiger partial charge is 0.486 e. The van der Waals surface area contributed by atoms with E-state index in [0.29, 0.717) is 52.1 Å². The second kappa shape index (κ2) is 9.04. The van der Waals surface area contributed by atoms with Crippen LogP contribution in [0.3, 0.4) is 0 Å². The lowest BCUT2D eigenvalue weighted by Gasteiger charge is -2.19. The topological polar surface area (TPSA) is 104 Å². The fourth-order valence-corrected chi connectivity index (χ4v) is 4.81. The summed E-state index contributed by atoms with van der Waals surface area (Å²) in [5, 5.41) is 17.6. The lowest BCUT2D eigenvalue weighted by atomic mass is 10.1. The van der Waals surface area contributed by atoms with E-state index < -0.39 is 0 Å². The molecule has 0 fully saturated rings. The Morgan fingerprint density at radius 3 is 2.61 bits per heavy atom. The number of fused-ring (bicyclic) bond motifs is 2. The summed E-state index contributed by atoms with van der Waals surface area (Å²) in [7, 11) is 0. The molecule has 4 heterocycles. The fraction of sp³-hybridized carbons (Fsp3) is 0.192. The molecule has 1 aliphatic heterocycles. The van der Waals surface area contributed by atoms with Gasteiger partial charge in [-0.05, 0) is 38.1 Å². The van der Waals surface area contributed by atoms with E-state index in [1.807, 2.05) is 67.1 Å². The van der Waals surface area contributed by atoms with Crippen LogP contribution in [0.2, 0.25) is 0 Å². The van der Waals surface area contributed by atoms with Crippen LogP contribution in [-0.4, -0.2) is 44.1 Å². The zero-order chi connectivity index (χ0) is 24.6. The number of hydrogen-bond acceptors (Lipinski definition) is 8. The number of hydrogen-bond donors (Lipinski definition) is 1.